The fourth-order valence-corrected chi connectivity index (χ4v) is 5.07. The van der Waals surface area contributed by atoms with E-state index in [1.54, 1.807) is 11.7 Å². The number of carbonyl (C=O) groups excluding carboxylic acids is 1. The molecule has 2 aromatic heterocycles. The first-order valence-electron chi connectivity index (χ1n) is 11.4. The Labute approximate surface area is 177 Å². The van der Waals surface area contributed by atoms with Gasteiger partial charge in [0.05, 0.1) is 12.5 Å². The molecule has 0 atom stereocenters. The van der Waals surface area contributed by atoms with Crippen molar-refractivity contribution in [3.05, 3.63) is 22.9 Å². The van der Waals surface area contributed by atoms with E-state index in [1.807, 2.05) is 0 Å². The molecular formula is C22H34N6O2. The molecule has 4 rings (SSSR count). The number of carbonyl (C=O) groups is 1. The Kier molecular flexibility index (Phi) is 6.22. The maximum Gasteiger partial charge on any atom is 0.264 e. The van der Waals surface area contributed by atoms with Gasteiger partial charge in [0.2, 0.25) is 5.91 Å². The van der Waals surface area contributed by atoms with Gasteiger partial charge in [0, 0.05) is 32.1 Å². The number of aromatic nitrogens is 4. The standard InChI is InChI=1S/C22H34N6O2/c1-17-6-9-22(10-7-17,28-11-4-3-5-12-28)15-23-19(29)8-13-27-16-24-20-18(21(27)30)14-25-26(20)2/h14,16-17H,3-13,15H2,1-2H3,(H,23,29). The van der Waals surface area contributed by atoms with Gasteiger partial charge in [-0.2, -0.15) is 5.10 Å². The van der Waals surface area contributed by atoms with Gasteiger partial charge in [0.1, 0.15) is 5.39 Å². The third-order valence-electron chi connectivity index (χ3n) is 7.14. The lowest BCUT2D eigenvalue weighted by Gasteiger charge is -2.49. The molecule has 2 fully saturated rings. The summed E-state index contributed by atoms with van der Waals surface area (Å²) in [5, 5.41) is 7.78. The molecule has 1 aliphatic carbocycles. The van der Waals surface area contributed by atoms with Gasteiger partial charge >= 0.3 is 0 Å². The highest BCUT2D eigenvalue weighted by molar-refractivity contribution is 5.76. The van der Waals surface area contributed by atoms with Crippen molar-refractivity contribution in [2.45, 2.75) is 70.4 Å². The van der Waals surface area contributed by atoms with Crippen LogP contribution in [0.5, 0.6) is 0 Å². The summed E-state index contributed by atoms with van der Waals surface area (Å²) in [6.45, 7) is 5.68. The minimum absolute atomic E-state index is 0.00295. The highest BCUT2D eigenvalue weighted by atomic mass is 16.2. The number of amides is 1. The quantitative estimate of drug-likeness (QED) is 0.782. The number of likely N-dealkylation sites (tertiary alicyclic amines) is 1. The fourth-order valence-electron chi connectivity index (χ4n) is 5.07. The maximum atomic E-state index is 12.6. The highest BCUT2D eigenvalue weighted by Crippen LogP contribution is 2.37. The molecule has 2 aromatic rings. The van der Waals surface area contributed by atoms with Crippen LogP contribution in [0, 0.1) is 5.92 Å². The van der Waals surface area contributed by atoms with E-state index in [9.17, 15) is 9.59 Å². The topological polar surface area (TPSA) is 85.0 Å². The molecule has 1 saturated heterocycles. The highest BCUT2D eigenvalue weighted by Gasteiger charge is 2.40. The Bertz CT molecular complexity index is 935. The molecule has 1 amide bonds. The van der Waals surface area contributed by atoms with Crippen LogP contribution in [0.25, 0.3) is 11.0 Å². The molecule has 3 heterocycles. The number of rotatable bonds is 6. The zero-order valence-electron chi connectivity index (χ0n) is 18.3. The van der Waals surface area contributed by atoms with E-state index in [2.05, 4.69) is 27.2 Å². The van der Waals surface area contributed by atoms with Gasteiger partial charge in [-0.1, -0.05) is 13.3 Å². The van der Waals surface area contributed by atoms with Gasteiger partial charge in [0.15, 0.2) is 5.65 Å². The molecule has 30 heavy (non-hydrogen) atoms. The van der Waals surface area contributed by atoms with Crippen molar-refractivity contribution in [1.82, 2.24) is 29.5 Å². The molecular weight excluding hydrogens is 380 g/mol. The summed E-state index contributed by atoms with van der Waals surface area (Å²) in [4.78, 5) is 32.2. The maximum absolute atomic E-state index is 12.6. The van der Waals surface area contributed by atoms with Crippen molar-refractivity contribution in [2.24, 2.45) is 13.0 Å². The van der Waals surface area contributed by atoms with E-state index >= 15 is 0 Å². The first-order valence-corrected chi connectivity index (χ1v) is 11.4. The molecule has 1 saturated carbocycles. The second-order valence-electron chi connectivity index (χ2n) is 9.23. The SMILES string of the molecule is CC1CCC(CNC(=O)CCn2cnc3c(cnn3C)c2=O)(N2CCCCC2)CC1. The van der Waals surface area contributed by atoms with Crippen LogP contribution in [0.3, 0.4) is 0 Å². The number of piperidine rings is 1. The Morgan fingerprint density at radius 3 is 2.70 bits per heavy atom. The zero-order chi connectivity index (χ0) is 21.1. The molecule has 0 unspecified atom stereocenters. The first kappa shape index (κ1) is 21.0. The largest absolute Gasteiger partial charge is 0.354 e. The molecule has 1 aliphatic heterocycles. The van der Waals surface area contributed by atoms with Crippen LogP contribution in [0.15, 0.2) is 17.3 Å². The van der Waals surface area contributed by atoms with Crippen LogP contribution < -0.4 is 10.9 Å². The predicted molar refractivity (Wildman–Crippen MR) is 116 cm³/mol. The second kappa shape index (κ2) is 8.88. The zero-order valence-corrected chi connectivity index (χ0v) is 18.3. The van der Waals surface area contributed by atoms with E-state index in [-0.39, 0.29) is 23.4 Å². The van der Waals surface area contributed by atoms with E-state index in [1.165, 1.54) is 49.2 Å². The summed E-state index contributed by atoms with van der Waals surface area (Å²) in [5.74, 6) is 0.781. The van der Waals surface area contributed by atoms with Gasteiger partial charge in [-0.3, -0.25) is 23.7 Å². The Morgan fingerprint density at radius 1 is 1.23 bits per heavy atom. The molecule has 1 N–H and O–H groups in total. The van der Waals surface area contributed by atoms with E-state index in [0.717, 1.165) is 31.8 Å². The number of fused-ring (bicyclic) bond motifs is 1. The van der Waals surface area contributed by atoms with Crippen LogP contribution in [-0.2, 0) is 18.4 Å². The van der Waals surface area contributed by atoms with Gasteiger partial charge < -0.3 is 5.32 Å². The first-order chi connectivity index (χ1) is 14.5. The average molecular weight is 415 g/mol. The molecule has 0 aromatic carbocycles. The number of aryl methyl sites for hydroxylation is 2. The second-order valence-corrected chi connectivity index (χ2v) is 9.23. The molecule has 0 spiro atoms. The third kappa shape index (κ3) is 4.29. The van der Waals surface area contributed by atoms with Gasteiger partial charge in [-0.15, -0.1) is 0 Å². The van der Waals surface area contributed by atoms with Crippen LogP contribution in [0.4, 0.5) is 0 Å². The van der Waals surface area contributed by atoms with Crippen LogP contribution >= 0.6 is 0 Å². The van der Waals surface area contributed by atoms with E-state index in [0.29, 0.717) is 24.1 Å². The van der Waals surface area contributed by atoms with Crippen LogP contribution in [0.1, 0.15) is 58.3 Å². The normalized spacial score (nSPS) is 25.5. The predicted octanol–water partition coefficient (Wildman–Crippen LogP) is 2.07. The molecule has 164 valence electrons. The monoisotopic (exact) mass is 414 g/mol. The molecule has 0 bridgehead atoms. The van der Waals surface area contributed by atoms with Gasteiger partial charge in [-0.25, -0.2) is 4.98 Å². The van der Waals surface area contributed by atoms with Crippen LogP contribution in [-0.4, -0.2) is 55.3 Å². The molecule has 8 heteroatoms. The van der Waals surface area contributed by atoms with E-state index < -0.39 is 0 Å². The number of nitrogens with zero attached hydrogens (tertiary/aromatic N) is 5. The van der Waals surface area contributed by atoms with Crippen molar-refractivity contribution in [3.8, 4) is 0 Å². The fraction of sp³-hybridized carbons (Fsp3) is 0.727. The summed E-state index contributed by atoms with van der Waals surface area (Å²) in [6, 6.07) is 0. The average Bonchev–Trinajstić information content (AvgIpc) is 3.15. The number of hydrogen-bond acceptors (Lipinski definition) is 5. The van der Waals surface area contributed by atoms with Crippen molar-refractivity contribution in [1.29, 1.82) is 0 Å². The lowest BCUT2D eigenvalue weighted by Crippen LogP contribution is -2.58. The lowest BCUT2D eigenvalue weighted by molar-refractivity contribution is -0.122. The Morgan fingerprint density at radius 2 is 1.97 bits per heavy atom. The smallest absolute Gasteiger partial charge is 0.264 e. The number of hydrogen-bond donors (Lipinski definition) is 1. The summed E-state index contributed by atoms with van der Waals surface area (Å²) >= 11 is 0. The Hall–Kier alpha value is -2.22. The summed E-state index contributed by atoms with van der Waals surface area (Å²) < 4.78 is 3.09. The third-order valence-corrected chi connectivity index (χ3v) is 7.14. The lowest BCUT2D eigenvalue weighted by atomic mass is 9.75. The van der Waals surface area contributed by atoms with Crippen molar-refractivity contribution < 1.29 is 4.79 Å². The van der Waals surface area contributed by atoms with Crippen molar-refractivity contribution in [2.75, 3.05) is 19.6 Å². The minimum Gasteiger partial charge on any atom is -0.354 e. The van der Waals surface area contributed by atoms with Crippen molar-refractivity contribution >= 4 is 16.9 Å². The van der Waals surface area contributed by atoms with E-state index in [4.69, 9.17) is 0 Å². The summed E-state index contributed by atoms with van der Waals surface area (Å²) in [7, 11) is 1.76. The summed E-state index contributed by atoms with van der Waals surface area (Å²) in [5.41, 5.74) is 0.526. The summed E-state index contributed by atoms with van der Waals surface area (Å²) in [6.07, 6.45) is 12.0. The molecule has 8 nitrogen and oxygen atoms in total. The Balaban J connectivity index is 1.37. The van der Waals surface area contributed by atoms with Gasteiger partial charge in [0.25, 0.3) is 5.56 Å². The van der Waals surface area contributed by atoms with Gasteiger partial charge in [-0.05, 0) is 57.5 Å². The molecule has 2 aliphatic rings. The van der Waals surface area contributed by atoms with Crippen LogP contribution in [0.2, 0.25) is 0 Å². The minimum atomic E-state index is -0.146. The molecule has 0 radical (unpaired) electrons. The van der Waals surface area contributed by atoms with Crippen molar-refractivity contribution in [3.63, 3.8) is 0 Å². The number of nitrogens with one attached hydrogen (secondary N) is 1.